The van der Waals surface area contributed by atoms with Crippen molar-refractivity contribution in [2.45, 2.75) is 13.0 Å². The number of methoxy groups -OCH3 is 1. The Bertz CT molecular complexity index is 851. The molecule has 0 aliphatic heterocycles. The van der Waals surface area contributed by atoms with Crippen molar-refractivity contribution in [1.29, 1.82) is 0 Å². The van der Waals surface area contributed by atoms with E-state index >= 15 is 0 Å². The van der Waals surface area contributed by atoms with E-state index in [9.17, 15) is 4.39 Å². The van der Waals surface area contributed by atoms with Crippen molar-refractivity contribution >= 4 is 17.6 Å². The topological polar surface area (TPSA) is 103 Å². The summed E-state index contributed by atoms with van der Waals surface area (Å²) in [7, 11) is 3.40. The Hall–Kier alpha value is -3.30. The van der Waals surface area contributed by atoms with Gasteiger partial charge in [0.2, 0.25) is 5.95 Å². The zero-order valence-electron chi connectivity index (χ0n) is 13.9. The molecule has 0 saturated heterocycles. The molecule has 0 fully saturated rings. The van der Waals surface area contributed by atoms with E-state index in [4.69, 9.17) is 4.74 Å². The molecule has 0 saturated carbocycles. The molecule has 2 N–H and O–H groups in total. The summed E-state index contributed by atoms with van der Waals surface area (Å²) in [6, 6.07) is -0.309. The normalized spacial score (nSPS) is 11.8. The van der Waals surface area contributed by atoms with Crippen molar-refractivity contribution < 1.29 is 9.13 Å². The summed E-state index contributed by atoms with van der Waals surface area (Å²) >= 11 is 0. The Morgan fingerprint density at radius 3 is 2.56 bits per heavy atom. The standard InChI is InChI=1S/C15H17FN8O/c1-9(13-17-4-10(16)5-18-13)21-15-19-6-11(25-3)14(23-15)22-12-7-24(2)8-20-12/h4-9H,1-3H3,(H2,19,21,22,23)/t9-/m1/s1. The predicted octanol–water partition coefficient (Wildman–Crippen LogP) is 2.06. The fourth-order valence-corrected chi connectivity index (χ4v) is 2.08. The number of halogens is 1. The number of rotatable bonds is 6. The molecule has 0 aliphatic rings. The zero-order valence-corrected chi connectivity index (χ0v) is 13.9. The maximum absolute atomic E-state index is 12.9. The molecule has 25 heavy (non-hydrogen) atoms. The molecule has 3 rings (SSSR count). The van der Waals surface area contributed by atoms with Gasteiger partial charge in [-0.2, -0.15) is 4.98 Å². The number of hydrogen-bond acceptors (Lipinski definition) is 8. The van der Waals surface area contributed by atoms with Crippen molar-refractivity contribution in [2.24, 2.45) is 7.05 Å². The summed E-state index contributed by atoms with van der Waals surface area (Å²) in [4.78, 5) is 20.7. The summed E-state index contributed by atoms with van der Waals surface area (Å²) in [6.45, 7) is 1.83. The third-order valence-corrected chi connectivity index (χ3v) is 3.30. The van der Waals surface area contributed by atoms with E-state index in [0.717, 1.165) is 12.4 Å². The number of nitrogens with zero attached hydrogens (tertiary/aromatic N) is 6. The first kappa shape index (κ1) is 16.6. The quantitative estimate of drug-likeness (QED) is 0.700. The number of nitrogens with one attached hydrogen (secondary N) is 2. The van der Waals surface area contributed by atoms with E-state index in [1.54, 1.807) is 12.5 Å². The van der Waals surface area contributed by atoms with Gasteiger partial charge in [0.25, 0.3) is 0 Å². The van der Waals surface area contributed by atoms with Crippen LogP contribution in [0, 0.1) is 5.82 Å². The van der Waals surface area contributed by atoms with E-state index in [1.165, 1.54) is 7.11 Å². The van der Waals surface area contributed by atoms with E-state index < -0.39 is 5.82 Å². The van der Waals surface area contributed by atoms with Gasteiger partial charge >= 0.3 is 0 Å². The fraction of sp³-hybridized carbons (Fsp3) is 0.267. The van der Waals surface area contributed by atoms with Crippen LogP contribution in [0.25, 0.3) is 0 Å². The lowest BCUT2D eigenvalue weighted by Gasteiger charge is -2.14. The van der Waals surface area contributed by atoms with Crippen molar-refractivity contribution in [3.63, 3.8) is 0 Å². The van der Waals surface area contributed by atoms with Crippen LogP contribution in [0.2, 0.25) is 0 Å². The van der Waals surface area contributed by atoms with Gasteiger partial charge in [-0.1, -0.05) is 0 Å². The van der Waals surface area contributed by atoms with Gasteiger partial charge in [0, 0.05) is 13.2 Å². The van der Waals surface area contributed by atoms with Crippen LogP contribution in [0.1, 0.15) is 18.8 Å². The summed E-state index contributed by atoms with van der Waals surface area (Å²) < 4.78 is 20.0. The smallest absolute Gasteiger partial charge is 0.225 e. The molecular weight excluding hydrogens is 327 g/mol. The van der Waals surface area contributed by atoms with Gasteiger partial charge in [0.05, 0.1) is 38.1 Å². The third kappa shape index (κ3) is 3.97. The zero-order chi connectivity index (χ0) is 17.8. The molecule has 3 aromatic heterocycles. The van der Waals surface area contributed by atoms with Gasteiger partial charge in [-0.15, -0.1) is 0 Å². The number of aromatic nitrogens is 6. The predicted molar refractivity (Wildman–Crippen MR) is 89.1 cm³/mol. The number of imidazole rings is 1. The Kier molecular flexibility index (Phi) is 4.68. The Morgan fingerprint density at radius 2 is 1.92 bits per heavy atom. The fourth-order valence-electron chi connectivity index (χ4n) is 2.08. The second-order valence-corrected chi connectivity index (χ2v) is 5.29. The molecule has 130 valence electrons. The Labute approximate surface area is 143 Å². The highest BCUT2D eigenvalue weighted by Gasteiger charge is 2.13. The maximum Gasteiger partial charge on any atom is 0.225 e. The minimum Gasteiger partial charge on any atom is -0.491 e. The van der Waals surface area contributed by atoms with E-state index in [2.05, 4.69) is 35.6 Å². The molecule has 0 spiro atoms. The van der Waals surface area contributed by atoms with Crippen molar-refractivity contribution in [2.75, 3.05) is 17.7 Å². The highest BCUT2D eigenvalue weighted by Crippen LogP contribution is 2.25. The molecule has 0 aromatic carbocycles. The summed E-state index contributed by atoms with van der Waals surface area (Å²) in [5.41, 5.74) is 0. The van der Waals surface area contributed by atoms with E-state index in [-0.39, 0.29) is 6.04 Å². The van der Waals surface area contributed by atoms with E-state index in [0.29, 0.717) is 29.2 Å². The van der Waals surface area contributed by atoms with Gasteiger partial charge in [0.1, 0.15) is 11.6 Å². The lowest BCUT2D eigenvalue weighted by atomic mass is 10.3. The van der Waals surface area contributed by atoms with Crippen LogP contribution in [-0.4, -0.2) is 36.6 Å². The molecular formula is C15H17FN8O. The van der Waals surface area contributed by atoms with Gasteiger partial charge in [0.15, 0.2) is 17.4 Å². The van der Waals surface area contributed by atoms with Gasteiger partial charge < -0.3 is 19.9 Å². The molecule has 0 radical (unpaired) electrons. The van der Waals surface area contributed by atoms with Crippen LogP contribution < -0.4 is 15.4 Å². The highest BCUT2D eigenvalue weighted by atomic mass is 19.1. The molecule has 0 aliphatic carbocycles. The van der Waals surface area contributed by atoms with Crippen LogP contribution in [0.4, 0.5) is 22.0 Å². The Balaban J connectivity index is 1.79. The molecule has 10 heteroatoms. The van der Waals surface area contributed by atoms with Crippen LogP contribution in [0.15, 0.2) is 31.1 Å². The average molecular weight is 344 g/mol. The van der Waals surface area contributed by atoms with Crippen LogP contribution >= 0.6 is 0 Å². The molecule has 3 aromatic rings. The van der Waals surface area contributed by atoms with Crippen molar-refractivity contribution in [3.8, 4) is 5.75 Å². The van der Waals surface area contributed by atoms with Crippen molar-refractivity contribution in [3.05, 3.63) is 42.8 Å². The highest BCUT2D eigenvalue weighted by molar-refractivity contribution is 5.60. The van der Waals surface area contributed by atoms with Crippen LogP contribution in [-0.2, 0) is 7.05 Å². The van der Waals surface area contributed by atoms with E-state index in [1.807, 2.05) is 24.7 Å². The minimum atomic E-state index is -0.488. The number of aryl methyl sites for hydroxylation is 1. The van der Waals surface area contributed by atoms with Crippen LogP contribution in [0.5, 0.6) is 5.75 Å². The summed E-state index contributed by atoms with van der Waals surface area (Å²) in [6.07, 6.45) is 7.25. The number of hydrogen-bond donors (Lipinski definition) is 2. The largest absolute Gasteiger partial charge is 0.491 e. The van der Waals surface area contributed by atoms with Gasteiger partial charge in [-0.3, -0.25) is 0 Å². The SMILES string of the molecule is COc1cnc(N[C@H](C)c2ncc(F)cn2)nc1Nc1cn(C)cn1. The monoisotopic (exact) mass is 344 g/mol. The maximum atomic E-state index is 12.9. The lowest BCUT2D eigenvalue weighted by molar-refractivity contribution is 0.413. The molecule has 0 bridgehead atoms. The van der Waals surface area contributed by atoms with Gasteiger partial charge in [-0.05, 0) is 6.92 Å². The lowest BCUT2D eigenvalue weighted by Crippen LogP contribution is -2.13. The summed E-state index contributed by atoms with van der Waals surface area (Å²) in [5.74, 6) is 1.85. The first-order chi connectivity index (χ1) is 12.0. The second kappa shape index (κ2) is 7.07. The molecule has 9 nitrogen and oxygen atoms in total. The number of anilines is 3. The number of ether oxygens (including phenoxy) is 1. The summed E-state index contributed by atoms with van der Waals surface area (Å²) in [5, 5.41) is 6.15. The van der Waals surface area contributed by atoms with Gasteiger partial charge in [-0.25, -0.2) is 24.3 Å². The average Bonchev–Trinajstić information content (AvgIpc) is 3.00. The third-order valence-electron chi connectivity index (χ3n) is 3.30. The minimum absolute atomic E-state index is 0.309. The first-order valence-corrected chi connectivity index (χ1v) is 7.45. The molecule has 3 heterocycles. The molecule has 0 amide bonds. The molecule has 1 atom stereocenters. The first-order valence-electron chi connectivity index (χ1n) is 7.45. The molecule has 0 unspecified atom stereocenters. The second-order valence-electron chi connectivity index (χ2n) is 5.29. The van der Waals surface area contributed by atoms with Crippen molar-refractivity contribution in [1.82, 2.24) is 29.5 Å². The Morgan fingerprint density at radius 1 is 1.16 bits per heavy atom. The van der Waals surface area contributed by atoms with Crippen LogP contribution in [0.3, 0.4) is 0 Å².